The molecule has 0 atom stereocenters. The molecule has 96 valence electrons. The lowest BCUT2D eigenvalue weighted by Crippen LogP contribution is -1.81. The molecule has 2 aromatic rings. The maximum atomic E-state index is 8.66. The lowest BCUT2D eigenvalue weighted by Gasteiger charge is -1.94. The van der Waals surface area contributed by atoms with Gasteiger partial charge in [-0.2, -0.15) is 0 Å². The van der Waals surface area contributed by atoms with E-state index >= 15 is 0 Å². The van der Waals surface area contributed by atoms with Crippen LogP contribution in [0.5, 0.6) is 0 Å². The van der Waals surface area contributed by atoms with Gasteiger partial charge in [-0.25, -0.2) is 0 Å². The van der Waals surface area contributed by atoms with Crippen LogP contribution in [0.2, 0.25) is 0 Å². The summed E-state index contributed by atoms with van der Waals surface area (Å²) in [6, 6.07) is 15.7. The molecule has 18 heavy (non-hydrogen) atoms. The molecule has 0 aliphatic rings. The highest BCUT2D eigenvalue weighted by atomic mass is 16.3. The van der Waals surface area contributed by atoms with Crippen molar-refractivity contribution < 1.29 is 10.2 Å². The Bertz CT molecular complexity index is 461. The van der Waals surface area contributed by atoms with Crippen LogP contribution in [0.4, 0.5) is 0 Å². The maximum absolute atomic E-state index is 8.66. The second-order valence-electron chi connectivity index (χ2n) is 4.29. The fourth-order valence-electron chi connectivity index (χ4n) is 1.50. The fourth-order valence-corrected chi connectivity index (χ4v) is 1.50. The number of aliphatic hydroxyl groups is 2. The van der Waals surface area contributed by atoms with Crippen molar-refractivity contribution in [2.45, 2.75) is 27.1 Å². The summed E-state index contributed by atoms with van der Waals surface area (Å²) < 4.78 is 0. The summed E-state index contributed by atoms with van der Waals surface area (Å²) in [5.41, 5.74) is 4.38. The zero-order valence-electron chi connectivity index (χ0n) is 10.9. The molecule has 2 nitrogen and oxygen atoms in total. The molecular weight excluding hydrogens is 224 g/mol. The standard InChI is InChI=1S/2C8H10O/c1-7-2-4-8(6-9)5-3-7;1-7-3-2-4-8(5-7)6-9/h2*2-5,9H,6H2,1H3. The largest absolute Gasteiger partial charge is 0.392 e. The van der Waals surface area contributed by atoms with Crippen LogP contribution in [0.3, 0.4) is 0 Å². The molecule has 2 N–H and O–H groups in total. The Morgan fingerprint density at radius 1 is 0.722 bits per heavy atom. The molecule has 0 amide bonds. The summed E-state index contributed by atoms with van der Waals surface area (Å²) in [7, 11) is 0. The molecular formula is C16H20O2. The maximum Gasteiger partial charge on any atom is 0.0681 e. The normalized spacial score (nSPS) is 9.56. The predicted molar refractivity (Wildman–Crippen MR) is 74.2 cm³/mol. The van der Waals surface area contributed by atoms with Gasteiger partial charge in [-0.15, -0.1) is 0 Å². The highest BCUT2D eigenvalue weighted by Gasteiger charge is 1.87. The third kappa shape index (κ3) is 5.13. The Labute approximate surface area is 109 Å². The van der Waals surface area contributed by atoms with E-state index in [0.717, 1.165) is 11.1 Å². The Balaban J connectivity index is 0.000000180. The lowest BCUT2D eigenvalue weighted by atomic mass is 10.1. The first-order valence-corrected chi connectivity index (χ1v) is 5.98. The van der Waals surface area contributed by atoms with E-state index in [9.17, 15) is 0 Å². The molecule has 0 saturated heterocycles. The van der Waals surface area contributed by atoms with E-state index < -0.39 is 0 Å². The van der Waals surface area contributed by atoms with E-state index in [-0.39, 0.29) is 13.2 Å². The van der Waals surface area contributed by atoms with Crippen molar-refractivity contribution in [1.82, 2.24) is 0 Å². The van der Waals surface area contributed by atoms with Crippen LogP contribution in [-0.2, 0) is 13.2 Å². The van der Waals surface area contributed by atoms with E-state index in [1.807, 2.05) is 62.4 Å². The molecule has 0 fully saturated rings. The van der Waals surface area contributed by atoms with Crippen molar-refractivity contribution in [1.29, 1.82) is 0 Å². The Morgan fingerprint density at radius 3 is 1.78 bits per heavy atom. The summed E-state index contributed by atoms with van der Waals surface area (Å²) in [6.45, 7) is 4.32. The SMILES string of the molecule is Cc1ccc(CO)cc1.Cc1cccc(CO)c1. The van der Waals surface area contributed by atoms with Crippen LogP contribution in [0, 0.1) is 13.8 Å². The van der Waals surface area contributed by atoms with E-state index in [0.29, 0.717) is 0 Å². The van der Waals surface area contributed by atoms with Crippen molar-refractivity contribution in [2.75, 3.05) is 0 Å². The number of benzene rings is 2. The summed E-state index contributed by atoms with van der Waals surface area (Å²) in [5.74, 6) is 0. The molecule has 0 aliphatic carbocycles. The van der Waals surface area contributed by atoms with Crippen molar-refractivity contribution in [2.24, 2.45) is 0 Å². The van der Waals surface area contributed by atoms with Gasteiger partial charge in [0.05, 0.1) is 13.2 Å². The minimum absolute atomic E-state index is 0.139. The Morgan fingerprint density at radius 2 is 1.33 bits per heavy atom. The van der Waals surface area contributed by atoms with Gasteiger partial charge in [0.1, 0.15) is 0 Å². The highest BCUT2D eigenvalue weighted by Crippen LogP contribution is 2.02. The van der Waals surface area contributed by atoms with Gasteiger partial charge in [-0.3, -0.25) is 0 Å². The molecule has 0 heterocycles. The zero-order valence-corrected chi connectivity index (χ0v) is 10.9. The summed E-state index contributed by atoms with van der Waals surface area (Å²) in [4.78, 5) is 0. The third-order valence-electron chi connectivity index (χ3n) is 2.57. The van der Waals surface area contributed by atoms with Gasteiger partial charge in [0.15, 0.2) is 0 Å². The number of hydrogen-bond donors (Lipinski definition) is 2. The molecule has 0 aliphatic heterocycles. The number of rotatable bonds is 2. The first kappa shape index (κ1) is 14.4. The molecule has 0 radical (unpaired) electrons. The smallest absolute Gasteiger partial charge is 0.0681 e. The Kier molecular flexibility index (Phi) is 6.12. The summed E-state index contributed by atoms with van der Waals surface area (Å²) >= 11 is 0. The molecule has 0 saturated carbocycles. The van der Waals surface area contributed by atoms with Crippen LogP contribution in [-0.4, -0.2) is 10.2 Å². The van der Waals surface area contributed by atoms with Gasteiger partial charge < -0.3 is 10.2 Å². The second-order valence-corrected chi connectivity index (χ2v) is 4.29. The van der Waals surface area contributed by atoms with E-state index in [1.54, 1.807) is 0 Å². The molecule has 0 spiro atoms. The molecule has 0 unspecified atom stereocenters. The molecule has 2 rings (SSSR count). The zero-order chi connectivity index (χ0) is 13.4. The lowest BCUT2D eigenvalue weighted by molar-refractivity contribution is 0.281. The topological polar surface area (TPSA) is 40.5 Å². The first-order chi connectivity index (χ1) is 8.65. The van der Waals surface area contributed by atoms with Gasteiger partial charge in [-0.05, 0) is 25.0 Å². The van der Waals surface area contributed by atoms with E-state index in [4.69, 9.17) is 10.2 Å². The van der Waals surface area contributed by atoms with Crippen molar-refractivity contribution in [3.05, 3.63) is 70.8 Å². The minimum Gasteiger partial charge on any atom is -0.392 e. The van der Waals surface area contributed by atoms with Crippen LogP contribution in [0.25, 0.3) is 0 Å². The molecule has 2 heteroatoms. The first-order valence-electron chi connectivity index (χ1n) is 5.98. The summed E-state index contributed by atoms with van der Waals surface area (Å²) in [5, 5.41) is 17.3. The van der Waals surface area contributed by atoms with Gasteiger partial charge in [0.25, 0.3) is 0 Å². The third-order valence-corrected chi connectivity index (χ3v) is 2.57. The average Bonchev–Trinajstić information content (AvgIpc) is 2.40. The molecule has 0 bridgehead atoms. The van der Waals surface area contributed by atoms with Gasteiger partial charge in [0, 0.05) is 0 Å². The van der Waals surface area contributed by atoms with Gasteiger partial charge >= 0.3 is 0 Å². The predicted octanol–water partition coefficient (Wildman–Crippen LogP) is 2.97. The monoisotopic (exact) mass is 244 g/mol. The number of aliphatic hydroxyl groups excluding tert-OH is 2. The molecule has 0 aromatic heterocycles. The number of aryl methyl sites for hydroxylation is 2. The van der Waals surface area contributed by atoms with E-state index in [2.05, 4.69) is 0 Å². The number of hydrogen-bond acceptors (Lipinski definition) is 2. The minimum atomic E-state index is 0.139. The average molecular weight is 244 g/mol. The van der Waals surface area contributed by atoms with Crippen LogP contribution in [0.15, 0.2) is 48.5 Å². The quantitative estimate of drug-likeness (QED) is 0.852. The van der Waals surface area contributed by atoms with Gasteiger partial charge in [-0.1, -0.05) is 59.7 Å². The molecule has 2 aromatic carbocycles. The summed E-state index contributed by atoms with van der Waals surface area (Å²) in [6.07, 6.45) is 0. The van der Waals surface area contributed by atoms with Crippen LogP contribution >= 0.6 is 0 Å². The van der Waals surface area contributed by atoms with Crippen molar-refractivity contribution in [3.8, 4) is 0 Å². The van der Waals surface area contributed by atoms with Crippen molar-refractivity contribution >= 4 is 0 Å². The fraction of sp³-hybridized carbons (Fsp3) is 0.250. The van der Waals surface area contributed by atoms with Crippen molar-refractivity contribution in [3.63, 3.8) is 0 Å². The van der Waals surface area contributed by atoms with Gasteiger partial charge in [0.2, 0.25) is 0 Å². The van der Waals surface area contributed by atoms with Crippen LogP contribution < -0.4 is 0 Å². The van der Waals surface area contributed by atoms with Crippen LogP contribution in [0.1, 0.15) is 22.3 Å². The van der Waals surface area contributed by atoms with E-state index in [1.165, 1.54) is 11.1 Å². The second kappa shape index (κ2) is 7.64. The Hall–Kier alpha value is -1.64. The highest BCUT2D eigenvalue weighted by molar-refractivity contribution is 5.21.